The predicted molar refractivity (Wildman–Crippen MR) is 118 cm³/mol. The van der Waals surface area contributed by atoms with Gasteiger partial charge in [0.1, 0.15) is 0 Å². The summed E-state index contributed by atoms with van der Waals surface area (Å²) < 4.78 is 0. The van der Waals surface area contributed by atoms with Crippen molar-refractivity contribution in [2.75, 3.05) is 5.32 Å². The van der Waals surface area contributed by atoms with E-state index in [1.165, 1.54) is 24.3 Å². The van der Waals surface area contributed by atoms with Gasteiger partial charge in [-0.15, -0.1) is 0 Å². The Kier molecular flexibility index (Phi) is 8.15. The maximum absolute atomic E-state index is 12.1. The Morgan fingerprint density at radius 1 is 0.968 bits per heavy atom. The monoisotopic (exact) mass is 443 g/mol. The molecule has 2 aromatic rings. The first-order valence-corrected chi connectivity index (χ1v) is 9.58. The molecule has 0 atom stereocenters. The van der Waals surface area contributed by atoms with E-state index >= 15 is 0 Å². The molecule has 0 aliphatic carbocycles. The SMILES string of the molecule is Cc1ccc(C)c(NC(=O)CCC(=O)NNC(=S)NC(=O)c2ccc([N+](=O)[O-])cc2)c1. The standard InChI is InChI=1S/C20H21N5O5S/c1-12-3-4-13(2)16(11-12)21-17(26)9-10-18(27)23-24-20(31)22-19(28)14-5-7-15(8-6-14)25(29)30/h3-8,11H,9-10H2,1-2H3,(H,21,26)(H,23,27)(H2,22,24,28,31). The number of nitro benzene ring substituents is 1. The molecule has 3 amide bonds. The minimum absolute atomic E-state index is 0.0389. The zero-order valence-corrected chi connectivity index (χ0v) is 17.7. The van der Waals surface area contributed by atoms with Crippen LogP contribution in [0.25, 0.3) is 0 Å². The Bertz CT molecular complexity index is 1020. The summed E-state index contributed by atoms with van der Waals surface area (Å²) >= 11 is 4.92. The number of hydrogen-bond donors (Lipinski definition) is 4. The molecular weight excluding hydrogens is 422 g/mol. The molecule has 2 aromatic carbocycles. The third kappa shape index (κ3) is 7.48. The first-order valence-electron chi connectivity index (χ1n) is 9.17. The number of benzene rings is 2. The van der Waals surface area contributed by atoms with Gasteiger partial charge in [0.2, 0.25) is 11.8 Å². The molecule has 0 fully saturated rings. The van der Waals surface area contributed by atoms with Crippen molar-refractivity contribution >= 4 is 46.4 Å². The third-order valence-electron chi connectivity index (χ3n) is 4.13. The highest BCUT2D eigenvalue weighted by atomic mass is 32.1. The van der Waals surface area contributed by atoms with Crippen molar-refractivity contribution in [1.29, 1.82) is 0 Å². The molecule has 0 aliphatic heterocycles. The van der Waals surface area contributed by atoms with Gasteiger partial charge in [-0.25, -0.2) is 0 Å². The van der Waals surface area contributed by atoms with Crippen LogP contribution in [0.3, 0.4) is 0 Å². The van der Waals surface area contributed by atoms with Gasteiger partial charge in [-0.05, 0) is 55.4 Å². The van der Waals surface area contributed by atoms with Crippen LogP contribution >= 0.6 is 12.2 Å². The highest BCUT2D eigenvalue weighted by molar-refractivity contribution is 7.80. The van der Waals surface area contributed by atoms with E-state index in [9.17, 15) is 24.5 Å². The van der Waals surface area contributed by atoms with Crippen LogP contribution in [-0.2, 0) is 9.59 Å². The predicted octanol–water partition coefficient (Wildman–Crippen LogP) is 2.27. The average Bonchev–Trinajstić information content (AvgIpc) is 2.73. The number of nitrogens with one attached hydrogen (secondary N) is 4. The molecule has 0 aromatic heterocycles. The average molecular weight is 443 g/mol. The minimum Gasteiger partial charge on any atom is -0.326 e. The number of carbonyl (C=O) groups excluding carboxylic acids is 3. The van der Waals surface area contributed by atoms with Crippen molar-refractivity contribution in [1.82, 2.24) is 16.2 Å². The maximum Gasteiger partial charge on any atom is 0.269 e. The second-order valence-corrected chi connectivity index (χ2v) is 7.04. The summed E-state index contributed by atoms with van der Waals surface area (Å²) in [6.45, 7) is 3.79. The van der Waals surface area contributed by atoms with E-state index in [-0.39, 0.29) is 35.1 Å². The molecular formula is C20H21N5O5S. The van der Waals surface area contributed by atoms with Crippen molar-refractivity contribution in [3.63, 3.8) is 0 Å². The lowest BCUT2D eigenvalue weighted by Crippen LogP contribution is -2.48. The fourth-order valence-corrected chi connectivity index (χ4v) is 2.58. The summed E-state index contributed by atoms with van der Waals surface area (Å²) in [7, 11) is 0. The Hall–Kier alpha value is -3.86. The first-order chi connectivity index (χ1) is 14.7. The van der Waals surface area contributed by atoms with Crippen molar-refractivity contribution in [3.8, 4) is 0 Å². The molecule has 11 heteroatoms. The van der Waals surface area contributed by atoms with Gasteiger partial charge in [0.15, 0.2) is 5.11 Å². The summed E-state index contributed by atoms with van der Waals surface area (Å²) in [5.41, 5.74) is 7.28. The summed E-state index contributed by atoms with van der Waals surface area (Å²) in [4.78, 5) is 46.0. The van der Waals surface area contributed by atoms with E-state index in [4.69, 9.17) is 12.2 Å². The number of carbonyl (C=O) groups is 3. The van der Waals surface area contributed by atoms with Crippen molar-refractivity contribution < 1.29 is 19.3 Å². The number of non-ortho nitro benzene ring substituents is 1. The molecule has 10 nitrogen and oxygen atoms in total. The van der Waals surface area contributed by atoms with Gasteiger partial charge in [-0.1, -0.05) is 12.1 Å². The molecule has 0 spiro atoms. The Morgan fingerprint density at radius 3 is 2.26 bits per heavy atom. The molecule has 4 N–H and O–H groups in total. The van der Waals surface area contributed by atoms with E-state index in [1.807, 2.05) is 32.0 Å². The van der Waals surface area contributed by atoms with E-state index in [2.05, 4.69) is 21.5 Å². The zero-order valence-electron chi connectivity index (χ0n) is 16.9. The van der Waals surface area contributed by atoms with Crippen molar-refractivity contribution in [3.05, 3.63) is 69.3 Å². The Labute approximate surface area is 183 Å². The van der Waals surface area contributed by atoms with Gasteiger partial charge >= 0.3 is 0 Å². The van der Waals surface area contributed by atoms with Crippen LogP contribution in [-0.4, -0.2) is 27.8 Å². The lowest BCUT2D eigenvalue weighted by molar-refractivity contribution is -0.384. The molecule has 0 saturated heterocycles. The Morgan fingerprint density at radius 2 is 1.61 bits per heavy atom. The van der Waals surface area contributed by atoms with Crippen molar-refractivity contribution in [2.45, 2.75) is 26.7 Å². The highest BCUT2D eigenvalue weighted by Crippen LogP contribution is 2.16. The molecule has 0 unspecified atom stereocenters. The number of anilines is 1. The van der Waals surface area contributed by atoms with E-state index in [1.54, 1.807) is 0 Å². The van der Waals surface area contributed by atoms with Crippen LogP contribution in [0.1, 0.15) is 34.3 Å². The molecule has 0 saturated carbocycles. The number of rotatable bonds is 6. The highest BCUT2D eigenvalue weighted by Gasteiger charge is 2.12. The normalized spacial score (nSPS) is 10.0. The van der Waals surface area contributed by atoms with Crippen LogP contribution in [0.2, 0.25) is 0 Å². The largest absolute Gasteiger partial charge is 0.326 e. The van der Waals surface area contributed by atoms with E-state index < -0.39 is 16.7 Å². The van der Waals surface area contributed by atoms with Gasteiger partial charge in [-0.2, -0.15) is 0 Å². The lowest BCUT2D eigenvalue weighted by Gasteiger charge is -2.11. The number of nitrogens with zero attached hydrogens (tertiary/aromatic N) is 1. The molecule has 0 aliphatic rings. The number of thiocarbonyl (C=S) groups is 1. The first kappa shape index (κ1) is 23.4. The molecule has 31 heavy (non-hydrogen) atoms. The molecule has 0 bridgehead atoms. The number of hydrogen-bond acceptors (Lipinski definition) is 6. The second-order valence-electron chi connectivity index (χ2n) is 6.63. The summed E-state index contributed by atoms with van der Waals surface area (Å²) in [5, 5.41) is 15.6. The van der Waals surface area contributed by atoms with Crippen LogP contribution in [0.15, 0.2) is 42.5 Å². The van der Waals surface area contributed by atoms with Crippen LogP contribution in [0.5, 0.6) is 0 Å². The number of aryl methyl sites for hydroxylation is 2. The van der Waals surface area contributed by atoms with Crippen LogP contribution in [0, 0.1) is 24.0 Å². The fraction of sp³-hybridized carbons (Fsp3) is 0.200. The van der Waals surface area contributed by atoms with Gasteiger partial charge in [0.25, 0.3) is 11.6 Å². The van der Waals surface area contributed by atoms with Gasteiger partial charge in [-0.3, -0.25) is 40.7 Å². The quantitative estimate of drug-likeness (QED) is 0.305. The summed E-state index contributed by atoms with van der Waals surface area (Å²) in [6, 6.07) is 10.6. The van der Waals surface area contributed by atoms with E-state index in [0.717, 1.165) is 11.1 Å². The second kappa shape index (κ2) is 10.8. The van der Waals surface area contributed by atoms with Crippen LogP contribution in [0.4, 0.5) is 11.4 Å². The molecule has 2 rings (SSSR count). The third-order valence-corrected chi connectivity index (χ3v) is 4.33. The number of nitro groups is 1. The molecule has 162 valence electrons. The van der Waals surface area contributed by atoms with Gasteiger partial charge in [0, 0.05) is 36.2 Å². The lowest BCUT2D eigenvalue weighted by atomic mass is 10.1. The van der Waals surface area contributed by atoms with E-state index in [0.29, 0.717) is 5.69 Å². The van der Waals surface area contributed by atoms with Gasteiger partial charge < -0.3 is 5.32 Å². The van der Waals surface area contributed by atoms with Crippen molar-refractivity contribution in [2.24, 2.45) is 0 Å². The minimum atomic E-state index is -0.602. The maximum atomic E-state index is 12.1. The smallest absolute Gasteiger partial charge is 0.269 e. The number of hydrazine groups is 1. The van der Waals surface area contributed by atoms with Gasteiger partial charge in [0.05, 0.1) is 4.92 Å². The Balaban J connectivity index is 1.73. The summed E-state index contributed by atoms with van der Waals surface area (Å²) in [5.74, 6) is -1.41. The molecule has 0 radical (unpaired) electrons. The summed E-state index contributed by atoms with van der Waals surface area (Å²) in [6.07, 6.45) is -0.134. The van der Waals surface area contributed by atoms with Crippen LogP contribution < -0.4 is 21.5 Å². The number of amides is 3. The topological polar surface area (TPSA) is 142 Å². The zero-order chi connectivity index (χ0) is 23.0. The fourth-order valence-electron chi connectivity index (χ4n) is 2.44. The molecule has 0 heterocycles.